The summed E-state index contributed by atoms with van der Waals surface area (Å²) >= 11 is 5.24. The van der Waals surface area contributed by atoms with Crippen molar-refractivity contribution in [3.63, 3.8) is 0 Å². The summed E-state index contributed by atoms with van der Waals surface area (Å²) in [5.74, 6) is 0.929. The van der Waals surface area contributed by atoms with Gasteiger partial charge in [0.05, 0.1) is 11.3 Å². The summed E-state index contributed by atoms with van der Waals surface area (Å²) in [4.78, 5) is 22.1. The van der Waals surface area contributed by atoms with Gasteiger partial charge in [-0.1, -0.05) is 38.8 Å². The lowest BCUT2D eigenvalue weighted by Gasteiger charge is -2.35. The first-order chi connectivity index (χ1) is 11.9. The molecule has 0 aliphatic heterocycles. The maximum Gasteiger partial charge on any atom is 0.269 e. The molecule has 0 saturated heterocycles. The van der Waals surface area contributed by atoms with Crippen molar-refractivity contribution in [1.29, 1.82) is 0 Å². The van der Waals surface area contributed by atoms with E-state index in [1.807, 2.05) is 0 Å². The average molecular weight is 364 g/mol. The predicted molar refractivity (Wildman–Crippen MR) is 99.8 cm³/mol. The SMILES string of the molecule is C[C@H]1[C@@H](NC(=S)NNC(=O)Cc2ccc([N+](=O)[O-])cc2)CCC[C@@H]1C. The normalized spacial score (nSPS) is 22.7. The van der Waals surface area contributed by atoms with E-state index in [0.29, 0.717) is 28.6 Å². The van der Waals surface area contributed by atoms with E-state index in [1.54, 1.807) is 12.1 Å². The van der Waals surface area contributed by atoms with Gasteiger partial charge >= 0.3 is 0 Å². The van der Waals surface area contributed by atoms with Gasteiger partial charge in [-0.2, -0.15) is 0 Å². The van der Waals surface area contributed by atoms with Crippen molar-refractivity contribution in [2.75, 3.05) is 0 Å². The van der Waals surface area contributed by atoms with Crippen LogP contribution in [0.4, 0.5) is 5.69 Å². The number of hydrazine groups is 1. The summed E-state index contributed by atoms with van der Waals surface area (Å²) in [5, 5.41) is 14.3. The van der Waals surface area contributed by atoms with E-state index in [0.717, 1.165) is 6.42 Å². The van der Waals surface area contributed by atoms with Crippen LogP contribution in [0.3, 0.4) is 0 Å². The van der Waals surface area contributed by atoms with Crippen LogP contribution in [0.2, 0.25) is 0 Å². The number of carbonyl (C=O) groups is 1. The Balaban J connectivity index is 1.75. The molecule has 0 bridgehead atoms. The van der Waals surface area contributed by atoms with E-state index in [-0.39, 0.29) is 18.0 Å². The number of non-ortho nitro benzene ring substituents is 1. The zero-order chi connectivity index (χ0) is 18.4. The Morgan fingerprint density at radius 1 is 1.24 bits per heavy atom. The number of thiocarbonyl (C=S) groups is 1. The molecule has 0 radical (unpaired) electrons. The van der Waals surface area contributed by atoms with Crippen LogP contribution in [0.15, 0.2) is 24.3 Å². The first kappa shape index (κ1) is 19.1. The van der Waals surface area contributed by atoms with Crippen LogP contribution in [-0.2, 0) is 11.2 Å². The second kappa shape index (κ2) is 8.75. The summed E-state index contributed by atoms with van der Waals surface area (Å²) in [7, 11) is 0. The molecule has 1 aromatic rings. The highest BCUT2D eigenvalue weighted by Crippen LogP contribution is 2.29. The topological polar surface area (TPSA) is 96.3 Å². The zero-order valence-corrected chi connectivity index (χ0v) is 15.3. The molecular formula is C17H24N4O3S. The van der Waals surface area contributed by atoms with Gasteiger partial charge in [-0.25, -0.2) is 0 Å². The van der Waals surface area contributed by atoms with Gasteiger partial charge in [0, 0.05) is 18.2 Å². The van der Waals surface area contributed by atoms with Crippen molar-refractivity contribution in [2.45, 2.75) is 45.6 Å². The number of rotatable bonds is 4. The zero-order valence-electron chi connectivity index (χ0n) is 14.5. The van der Waals surface area contributed by atoms with Crippen molar-refractivity contribution in [1.82, 2.24) is 16.2 Å². The Hall–Kier alpha value is -2.22. The fourth-order valence-corrected chi connectivity index (χ4v) is 3.28. The van der Waals surface area contributed by atoms with Gasteiger partial charge in [-0.05, 0) is 36.0 Å². The molecule has 7 nitrogen and oxygen atoms in total. The highest BCUT2D eigenvalue weighted by molar-refractivity contribution is 7.80. The molecule has 1 aliphatic rings. The minimum Gasteiger partial charge on any atom is -0.358 e. The van der Waals surface area contributed by atoms with Gasteiger partial charge in [-0.3, -0.25) is 25.8 Å². The van der Waals surface area contributed by atoms with Crippen LogP contribution in [0, 0.1) is 22.0 Å². The lowest BCUT2D eigenvalue weighted by atomic mass is 9.78. The Labute approximate surface area is 152 Å². The molecular weight excluding hydrogens is 340 g/mol. The van der Waals surface area contributed by atoms with Gasteiger partial charge < -0.3 is 5.32 Å². The Morgan fingerprint density at radius 2 is 1.92 bits per heavy atom. The Kier molecular flexibility index (Phi) is 6.69. The first-order valence-corrected chi connectivity index (χ1v) is 8.86. The van der Waals surface area contributed by atoms with Gasteiger partial charge in [0.25, 0.3) is 5.69 Å². The number of carbonyl (C=O) groups excluding carboxylic acids is 1. The molecule has 0 aromatic heterocycles. The number of hydrogen-bond acceptors (Lipinski definition) is 4. The Bertz CT molecular complexity index is 635. The van der Waals surface area contributed by atoms with Crippen molar-refractivity contribution in [2.24, 2.45) is 11.8 Å². The van der Waals surface area contributed by atoms with Crippen molar-refractivity contribution in [3.05, 3.63) is 39.9 Å². The first-order valence-electron chi connectivity index (χ1n) is 8.45. The second-order valence-corrected chi connectivity index (χ2v) is 7.03. The summed E-state index contributed by atoms with van der Waals surface area (Å²) in [6, 6.07) is 6.22. The molecule has 1 aromatic carbocycles. The van der Waals surface area contributed by atoms with E-state index in [4.69, 9.17) is 12.2 Å². The average Bonchev–Trinajstić information content (AvgIpc) is 2.58. The third-order valence-electron chi connectivity index (χ3n) is 4.85. The summed E-state index contributed by atoms with van der Waals surface area (Å²) in [6.07, 6.45) is 3.61. The quantitative estimate of drug-likeness (QED) is 0.431. The number of nitrogens with one attached hydrogen (secondary N) is 3. The van der Waals surface area contributed by atoms with Crippen molar-refractivity contribution < 1.29 is 9.72 Å². The monoisotopic (exact) mass is 364 g/mol. The molecule has 1 amide bonds. The van der Waals surface area contributed by atoms with Gasteiger partial charge in [0.15, 0.2) is 5.11 Å². The molecule has 0 spiro atoms. The fourth-order valence-electron chi connectivity index (χ4n) is 3.08. The van der Waals surface area contributed by atoms with E-state index in [9.17, 15) is 14.9 Å². The maximum atomic E-state index is 11.9. The maximum absolute atomic E-state index is 11.9. The molecule has 2 rings (SSSR count). The number of nitro benzene ring substituents is 1. The van der Waals surface area contributed by atoms with E-state index in [1.165, 1.54) is 25.0 Å². The number of hydrogen-bond donors (Lipinski definition) is 3. The Morgan fingerprint density at radius 3 is 2.56 bits per heavy atom. The third kappa shape index (κ3) is 5.67. The minimum absolute atomic E-state index is 0.00323. The smallest absolute Gasteiger partial charge is 0.269 e. The number of amides is 1. The van der Waals surface area contributed by atoms with E-state index in [2.05, 4.69) is 30.0 Å². The highest BCUT2D eigenvalue weighted by Gasteiger charge is 2.27. The minimum atomic E-state index is -0.470. The van der Waals surface area contributed by atoms with Crippen LogP contribution in [0.1, 0.15) is 38.7 Å². The lowest BCUT2D eigenvalue weighted by Crippen LogP contribution is -2.52. The number of nitro groups is 1. The molecule has 0 unspecified atom stereocenters. The molecule has 136 valence electrons. The molecule has 1 fully saturated rings. The molecule has 3 atom stereocenters. The van der Waals surface area contributed by atoms with Crippen molar-refractivity contribution >= 4 is 28.9 Å². The van der Waals surface area contributed by atoms with Gasteiger partial charge in [0.2, 0.25) is 5.91 Å². The van der Waals surface area contributed by atoms with E-state index < -0.39 is 4.92 Å². The van der Waals surface area contributed by atoms with Crippen molar-refractivity contribution in [3.8, 4) is 0 Å². The van der Waals surface area contributed by atoms with Crippen LogP contribution >= 0.6 is 12.2 Å². The summed E-state index contributed by atoms with van der Waals surface area (Å²) in [6.45, 7) is 4.47. The molecule has 25 heavy (non-hydrogen) atoms. The second-order valence-electron chi connectivity index (χ2n) is 6.62. The highest BCUT2D eigenvalue weighted by atomic mass is 32.1. The van der Waals surface area contributed by atoms with Crippen LogP contribution in [-0.4, -0.2) is 22.0 Å². The summed E-state index contributed by atoms with van der Waals surface area (Å²) < 4.78 is 0. The third-order valence-corrected chi connectivity index (χ3v) is 5.07. The molecule has 0 heterocycles. The largest absolute Gasteiger partial charge is 0.358 e. The lowest BCUT2D eigenvalue weighted by molar-refractivity contribution is -0.384. The number of nitrogens with zero attached hydrogens (tertiary/aromatic N) is 1. The fraction of sp³-hybridized carbons (Fsp3) is 0.529. The molecule has 3 N–H and O–H groups in total. The van der Waals surface area contributed by atoms with Crippen LogP contribution in [0.5, 0.6) is 0 Å². The van der Waals surface area contributed by atoms with Gasteiger partial charge in [0.1, 0.15) is 0 Å². The molecule has 1 aliphatic carbocycles. The van der Waals surface area contributed by atoms with Gasteiger partial charge in [-0.15, -0.1) is 0 Å². The molecule has 8 heteroatoms. The summed E-state index contributed by atoms with van der Waals surface area (Å²) in [5.41, 5.74) is 5.98. The standard InChI is InChI=1S/C17H24N4O3S/c1-11-4-3-5-15(12(11)2)18-17(25)20-19-16(22)10-13-6-8-14(9-7-13)21(23)24/h6-9,11-12,15H,3-5,10H2,1-2H3,(H,19,22)(H2,18,20,25)/t11-,12+,15-/m0/s1. The van der Waals surface area contributed by atoms with Crippen LogP contribution in [0.25, 0.3) is 0 Å². The van der Waals surface area contributed by atoms with E-state index >= 15 is 0 Å². The number of benzene rings is 1. The van der Waals surface area contributed by atoms with Crippen LogP contribution < -0.4 is 16.2 Å². The molecule has 1 saturated carbocycles. The predicted octanol–water partition coefficient (Wildman–Crippen LogP) is 2.46.